The lowest BCUT2D eigenvalue weighted by Crippen LogP contribution is -2.38. The van der Waals surface area contributed by atoms with E-state index in [1.165, 1.54) is 0 Å². The van der Waals surface area contributed by atoms with Gasteiger partial charge in [-0.15, -0.1) is 0 Å². The summed E-state index contributed by atoms with van der Waals surface area (Å²) in [6.07, 6.45) is 0.323. The molecular formula is C36H45N3O7. The van der Waals surface area contributed by atoms with Crippen molar-refractivity contribution in [3.63, 3.8) is 0 Å². The number of pyridine rings is 1. The monoisotopic (exact) mass is 631 g/mol. The first-order valence-corrected chi connectivity index (χ1v) is 15.4. The molecule has 10 heteroatoms. The zero-order chi connectivity index (χ0) is 32.8. The Bertz CT molecular complexity index is 1640. The average Bonchev–Trinajstić information content (AvgIpc) is 3.09. The molecule has 1 N–H and O–H groups in total. The second-order valence-electron chi connectivity index (χ2n) is 11.6. The summed E-state index contributed by atoms with van der Waals surface area (Å²) in [5.74, 6) is 1.65. The molecule has 0 aliphatic carbocycles. The van der Waals surface area contributed by atoms with Crippen molar-refractivity contribution >= 4 is 16.6 Å². The van der Waals surface area contributed by atoms with Gasteiger partial charge in [-0.25, -0.2) is 4.98 Å². The Morgan fingerprint density at radius 2 is 1.50 bits per heavy atom. The zero-order valence-electron chi connectivity index (χ0n) is 27.8. The van der Waals surface area contributed by atoms with Gasteiger partial charge in [0.1, 0.15) is 5.60 Å². The lowest BCUT2D eigenvalue weighted by molar-refractivity contribution is 0.000898. The minimum atomic E-state index is -1.58. The van der Waals surface area contributed by atoms with Gasteiger partial charge >= 0.3 is 0 Å². The minimum absolute atomic E-state index is 0.323. The van der Waals surface area contributed by atoms with Crippen molar-refractivity contribution < 1.29 is 33.5 Å². The van der Waals surface area contributed by atoms with Crippen molar-refractivity contribution in [3.05, 3.63) is 77.4 Å². The third-order valence-electron chi connectivity index (χ3n) is 8.70. The first-order chi connectivity index (χ1) is 22.3. The Labute approximate surface area is 271 Å². The van der Waals surface area contributed by atoms with E-state index in [0.717, 1.165) is 29.7 Å². The maximum Gasteiger partial charge on any atom is 0.217 e. The van der Waals surface area contributed by atoms with Crippen LogP contribution in [0.1, 0.15) is 29.0 Å². The topological polar surface area (TPSA) is 95.0 Å². The number of hydrogen-bond acceptors (Lipinski definition) is 10. The molecule has 0 bridgehead atoms. The van der Waals surface area contributed by atoms with E-state index in [-0.39, 0.29) is 0 Å². The number of ether oxygens (including phenoxy) is 6. The lowest BCUT2D eigenvalue weighted by Gasteiger charge is -2.40. The average molecular weight is 632 g/mol. The number of methoxy groups -OCH3 is 5. The number of rotatable bonds is 13. The predicted molar refractivity (Wildman–Crippen MR) is 179 cm³/mol. The van der Waals surface area contributed by atoms with E-state index in [1.807, 2.05) is 61.5 Å². The molecule has 0 radical (unpaired) electrons. The van der Waals surface area contributed by atoms with Crippen LogP contribution in [0.2, 0.25) is 0 Å². The number of aliphatic hydroxyl groups is 1. The molecule has 1 saturated heterocycles. The zero-order valence-corrected chi connectivity index (χ0v) is 27.8. The first-order valence-electron chi connectivity index (χ1n) is 15.4. The molecule has 246 valence electrons. The standard InChI is InChI=1S/C36H45N3O7/c1-38(2)17-16-36(40,28-11-9-13-31(42-4)34(28)44-6)32(26-10-8-12-30(41-3)33(26)43-5)27-23-24-22-25(39-18-20-46-21-19-39)14-15-29(24)37-35(27)45-7/h8-15,22-23,32,40H,16-21H2,1-7H3. The van der Waals surface area contributed by atoms with Gasteiger partial charge in [0.25, 0.3) is 0 Å². The predicted octanol–water partition coefficient (Wildman–Crippen LogP) is 5.09. The van der Waals surface area contributed by atoms with E-state index in [0.29, 0.717) is 71.7 Å². The van der Waals surface area contributed by atoms with Gasteiger partial charge in [-0.1, -0.05) is 24.3 Å². The number of anilines is 1. The molecule has 2 unspecified atom stereocenters. The smallest absolute Gasteiger partial charge is 0.217 e. The van der Waals surface area contributed by atoms with E-state index < -0.39 is 11.5 Å². The van der Waals surface area contributed by atoms with Crippen LogP contribution in [0.15, 0.2) is 60.7 Å². The van der Waals surface area contributed by atoms with Crippen LogP contribution in [0.5, 0.6) is 28.9 Å². The second-order valence-corrected chi connectivity index (χ2v) is 11.6. The Hall–Kier alpha value is -4.25. The molecule has 5 rings (SSSR count). The van der Waals surface area contributed by atoms with Gasteiger partial charge in [0, 0.05) is 47.4 Å². The van der Waals surface area contributed by atoms with E-state index in [1.54, 1.807) is 35.5 Å². The van der Waals surface area contributed by atoms with Crippen LogP contribution >= 0.6 is 0 Å². The molecule has 2 atom stereocenters. The Balaban J connectivity index is 1.85. The summed E-state index contributed by atoms with van der Waals surface area (Å²) in [7, 11) is 11.9. The van der Waals surface area contributed by atoms with Gasteiger partial charge in [-0.05, 0) is 56.9 Å². The van der Waals surface area contributed by atoms with Crippen LogP contribution in [0.25, 0.3) is 10.9 Å². The molecule has 3 aromatic carbocycles. The summed E-state index contributed by atoms with van der Waals surface area (Å²) in [4.78, 5) is 9.34. The molecule has 0 amide bonds. The maximum atomic E-state index is 13.4. The normalized spacial score (nSPS) is 15.4. The highest BCUT2D eigenvalue weighted by atomic mass is 16.5. The number of morpholine rings is 1. The quantitative estimate of drug-likeness (QED) is 0.215. The van der Waals surface area contributed by atoms with Crippen LogP contribution in [0.3, 0.4) is 0 Å². The molecule has 1 aromatic heterocycles. The first kappa shape index (κ1) is 33.1. The van der Waals surface area contributed by atoms with E-state index in [9.17, 15) is 5.11 Å². The Kier molecular flexibility index (Phi) is 10.4. The van der Waals surface area contributed by atoms with Gasteiger partial charge in [0.2, 0.25) is 5.88 Å². The summed E-state index contributed by atoms with van der Waals surface area (Å²) in [5, 5.41) is 14.3. The van der Waals surface area contributed by atoms with Crippen molar-refractivity contribution in [2.45, 2.75) is 17.9 Å². The summed E-state index contributed by atoms with van der Waals surface area (Å²) >= 11 is 0. The van der Waals surface area contributed by atoms with Gasteiger partial charge in [0.05, 0.1) is 60.2 Å². The largest absolute Gasteiger partial charge is 0.493 e. The Morgan fingerprint density at radius 1 is 0.826 bits per heavy atom. The number of nitrogens with zero attached hydrogens (tertiary/aromatic N) is 3. The highest BCUT2D eigenvalue weighted by molar-refractivity contribution is 5.84. The summed E-state index contributed by atoms with van der Waals surface area (Å²) in [6, 6.07) is 19.6. The van der Waals surface area contributed by atoms with Crippen molar-refractivity contribution in [2.75, 3.05) is 87.4 Å². The van der Waals surface area contributed by atoms with Gasteiger partial charge < -0.3 is 43.3 Å². The van der Waals surface area contributed by atoms with Crippen molar-refractivity contribution in [1.29, 1.82) is 0 Å². The second kappa shape index (κ2) is 14.5. The fraction of sp³-hybridized carbons (Fsp3) is 0.417. The molecule has 46 heavy (non-hydrogen) atoms. The number of benzene rings is 3. The van der Waals surface area contributed by atoms with Crippen molar-refractivity contribution in [3.8, 4) is 28.9 Å². The maximum absolute atomic E-state index is 13.4. The van der Waals surface area contributed by atoms with E-state index >= 15 is 0 Å². The van der Waals surface area contributed by atoms with Crippen LogP contribution in [-0.2, 0) is 10.3 Å². The number of hydrogen-bond donors (Lipinski definition) is 1. The number of para-hydroxylation sites is 2. The van der Waals surface area contributed by atoms with Crippen LogP contribution in [0, 0.1) is 0 Å². The molecule has 1 fully saturated rings. The third kappa shape index (κ3) is 6.38. The molecule has 0 saturated carbocycles. The van der Waals surface area contributed by atoms with Crippen LogP contribution in [-0.4, -0.2) is 97.5 Å². The number of fused-ring (bicyclic) bond motifs is 1. The minimum Gasteiger partial charge on any atom is -0.493 e. The SMILES string of the molecule is COc1cccc(C(c2cc3cc(N4CCOCC4)ccc3nc2OC)C(O)(CCN(C)C)c2cccc(OC)c2OC)c1OC. The fourth-order valence-electron chi connectivity index (χ4n) is 6.43. The summed E-state index contributed by atoms with van der Waals surface area (Å²) in [5.41, 5.74) is 2.25. The fourth-order valence-corrected chi connectivity index (χ4v) is 6.43. The molecular weight excluding hydrogens is 586 g/mol. The summed E-state index contributed by atoms with van der Waals surface area (Å²) in [6.45, 7) is 3.55. The third-order valence-corrected chi connectivity index (χ3v) is 8.70. The van der Waals surface area contributed by atoms with Crippen LogP contribution in [0.4, 0.5) is 5.69 Å². The highest BCUT2D eigenvalue weighted by Gasteiger charge is 2.46. The number of aromatic nitrogens is 1. The van der Waals surface area contributed by atoms with Gasteiger partial charge in [0.15, 0.2) is 23.0 Å². The molecule has 10 nitrogen and oxygen atoms in total. The van der Waals surface area contributed by atoms with Gasteiger partial charge in [-0.2, -0.15) is 0 Å². The van der Waals surface area contributed by atoms with Crippen molar-refractivity contribution in [1.82, 2.24) is 9.88 Å². The van der Waals surface area contributed by atoms with Gasteiger partial charge in [-0.3, -0.25) is 0 Å². The molecule has 1 aliphatic heterocycles. The molecule has 2 heterocycles. The van der Waals surface area contributed by atoms with E-state index in [2.05, 4.69) is 23.1 Å². The summed E-state index contributed by atoms with van der Waals surface area (Å²) < 4.78 is 35.0. The van der Waals surface area contributed by atoms with Crippen LogP contribution < -0.4 is 28.6 Å². The molecule has 4 aromatic rings. The molecule has 0 spiro atoms. The molecule has 1 aliphatic rings. The Morgan fingerprint density at radius 3 is 2.13 bits per heavy atom. The lowest BCUT2D eigenvalue weighted by atomic mass is 9.71. The van der Waals surface area contributed by atoms with Crippen molar-refractivity contribution in [2.24, 2.45) is 0 Å². The highest BCUT2D eigenvalue weighted by Crippen LogP contribution is 2.54. The van der Waals surface area contributed by atoms with E-state index in [4.69, 9.17) is 33.4 Å².